The Bertz CT molecular complexity index is 1700. The van der Waals surface area contributed by atoms with Crippen molar-refractivity contribution in [2.24, 2.45) is 11.5 Å². The molecule has 20 heteroatoms. The van der Waals surface area contributed by atoms with Crippen molar-refractivity contribution >= 4 is 47.0 Å². The fourth-order valence-electron chi connectivity index (χ4n) is 4.05. The average Bonchev–Trinajstić information content (AvgIpc) is 3.51. The van der Waals surface area contributed by atoms with Crippen LogP contribution >= 0.6 is 0 Å². The molecule has 0 spiro atoms. The van der Waals surface area contributed by atoms with Crippen LogP contribution in [-0.2, 0) is 32.1 Å². The molecule has 8 N–H and O–H groups in total. The van der Waals surface area contributed by atoms with Crippen LogP contribution in [0.4, 0.5) is 37.7 Å². The number of amides is 3. The van der Waals surface area contributed by atoms with Crippen molar-refractivity contribution in [3.63, 3.8) is 0 Å². The second kappa shape index (κ2) is 20.0. The minimum Gasteiger partial charge on any atom is -0.480 e. The summed E-state index contributed by atoms with van der Waals surface area (Å²) in [7, 11) is 1.73. The lowest BCUT2D eigenvalue weighted by Gasteiger charge is -2.21. The van der Waals surface area contributed by atoms with E-state index in [1.165, 1.54) is 4.90 Å². The highest BCUT2D eigenvalue weighted by Crippen LogP contribution is 2.29. The molecule has 0 atom stereocenters. The Kier molecular flexibility index (Phi) is 16.9. The number of carbonyl (C=O) groups excluding carboxylic acids is 3. The first-order chi connectivity index (χ1) is 24.1. The number of para-hydroxylation sites is 1. The Morgan fingerprint density at radius 1 is 0.808 bits per heavy atom. The number of anilines is 2. The van der Waals surface area contributed by atoms with E-state index in [1.807, 2.05) is 18.2 Å². The third kappa shape index (κ3) is 14.5. The van der Waals surface area contributed by atoms with Crippen LogP contribution in [0.25, 0.3) is 0 Å². The molecule has 14 nitrogen and oxygen atoms in total. The summed E-state index contributed by atoms with van der Waals surface area (Å²) in [6, 6.07) is 20.9. The van der Waals surface area contributed by atoms with Gasteiger partial charge in [-0.15, -0.1) is 0 Å². The number of likely N-dealkylation sites (N-methyl/N-ethyl adjacent to an activating group) is 1. The van der Waals surface area contributed by atoms with Crippen LogP contribution in [0.15, 0.2) is 72.8 Å². The summed E-state index contributed by atoms with van der Waals surface area (Å²) in [6.07, 6.45) is -9.34. The Morgan fingerprint density at radius 2 is 1.37 bits per heavy atom. The maximum absolute atomic E-state index is 12.6. The molecule has 0 radical (unpaired) electrons. The Balaban J connectivity index is 0.000000388. The van der Waals surface area contributed by atoms with Gasteiger partial charge in [0.05, 0.1) is 6.54 Å². The maximum Gasteiger partial charge on any atom is 0.490 e. The molecule has 1 heterocycles. The second-order valence-electron chi connectivity index (χ2n) is 10.2. The first kappa shape index (κ1) is 44.0. The zero-order valence-electron chi connectivity index (χ0n) is 27.1. The van der Waals surface area contributed by atoms with E-state index in [0.717, 1.165) is 23.2 Å². The van der Waals surface area contributed by atoms with Gasteiger partial charge in [-0.1, -0.05) is 36.4 Å². The van der Waals surface area contributed by atoms with Crippen LogP contribution in [0.5, 0.6) is 0 Å². The number of aliphatic carboxylic acids is 3. The number of nitrogens with one attached hydrogen (secondary N) is 1. The number of carboxylic acid groups (broad SMARTS) is 3. The average molecular weight is 746 g/mol. The van der Waals surface area contributed by atoms with Crippen molar-refractivity contribution in [2.75, 3.05) is 36.5 Å². The van der Waals surface area contributed by atoms with Crippen LogP contribution in [-0.4, -0.2) is 90.0 Å². The molecule has 0 saturated carbocycles. The quantitative estimate of drug-likeness (QED) is 0.183. The van der Waals surface area contributed by atoms with Crippen molar-refractivity contribution in [3.8, 4) is 0 Å². The largest absolute Gasteiger partial charge is 0.490 e. The van der Waals surface area contributed by atoms with Gasteiger partial charge >= 0.3 is 30.3 Å². The van der Waals surface area contributed by atoms with E-state index in [0.29, 0.717) is 36.4 Å². The Hall–Kier alpha value is -6.02. The summed E-state index contributed by atoms with van der Waals surface area (Å²) in [5.41, 5.74) is 14.9. The van der Waals surface area contributed by atoms with Gasteiger partial charge in [-0.3, -0.25) is 24.1 Å². The molecule has 52 heavy (non-hydrogen) atoms. The molecule has 282 valence electrons. The smallest absolute Gasteiger partial charge is 0.480 e. The Labute approximate surface area is 291 Å². The van der Waals surface area contributed by atoms with Gasteiger partial charge in [0.2, 0.25) is 11.8 Å². The van der Waals surface area contributed by atoms with Gasteiger partial charge in [-0.25, -0.2) is 9.59 Å². The second-order valence-corrected chi connectivity index (χ2v) is 10.2. The summed E-state index contributed by atoms with van der Waals surface area (Å²) in [5.74, 6) is -7.41. The number of carbonyl (C=O) groups is 6. The van der Waals surface area contributed by atoms with E-state index in [4.69, 9.17) is 36.4 Å². The van der Waals surface area contributed by atoms with E-state index in [1.54, 1.807) is 66.5 Å². The molecular formula is C32H33F6N5O9. The number of carboxylic acids is 3. The van der Waals surface area contributed by atoms with Gasteiger partial charge in [0.1, 0.15) is 6.54 Å². The first-order valence-electron chi connectivity index (χ1n) is 14.5. The van der Waals surface area contributed by atoms with E-state index in [2.05, 4.69) is 5.32 Å². The molecule has 4 rings (SSSR count). The number of hydrogen-bond donors (Lipinski definition) is 6. The van der Waals surface area contributed by atoms with Gasteiger partial charge < -0.3 is 37.0 Å². The minimum absolute atomic E-state index is 0.00729. The summed E-state index contributed by atoms with van der Waals surface area (Å²) >= 11 is 0. The van der Waals surface area contributed by atoms with Crippen LogP contribution in [0, 0.1) is 0 Å². The molecule has 1 aliphatic rings. The molecule has 1 aliphatic heterocycles. The molecule has 3 aromatic carbocycles. The van der Waals surface area contributed by atoms with Gasteiger partial charge in [0.15, 0.2) is 0 Å². The number of nitrogens with zero attached hydrogens (tertiary/aromatic N) is 2. The predicted octanol–water partition coefficient (Wildman–Crippen LogP) is 3.04. The van der Waals surface area contributed by atoms with Gasteiger partial charge in [0.25, 0.3) is 5.91 Å². The topological polar surface area (TPSA) is 234 Å². The van der Waals surface area contributed by atoms with Crippen molar-refractivity contribution in [1.82, 2.24) is 5.32 Å². The lowest BCUT2D eigenvalue weighted by atomic mass is 10.1. The number of hydrogen-bond acceptors (Lipinski definition) is 8. The van der Waals surface area contributed by atoms with Crippen LogP contribution in [0.2, 0.25) is 0 Å². The number of alkyl halides is 6. The number of rotatable bonds is 8. The summed E-state index contributed by atoms with van der Waals surface area (Å²) < 4.78 is 63.5. The summed E-state index contributed by atoms with van der Waals surface area (Å²) in [6.45, 7) is 0.888. The summed E-state index contributed by atoms with van der Waals surface area (Å²) in [5, 5.41) is 26.1. The number of halogens is 6. The molecule has 0 saturated heterocycles. The fraction of sp³-hybridized carbons (Fsp3) is 0.250. The lowest BCUT2D eigenvalue weighted by molar-refractivity contribution is -0.193. The molecule has 3 aromatic rings. The fourth-order valence-corrected chi connectivity index (χ4v) is 4.05. The number of benzene rings is 3. The first-order valence-corrected chi connectivity index (χ1v) is 14.5. The molecule has 0 aromatic heterocycles. The zero-order valence-corrected chi connectivity index (χ0v) is 27.1. The van der Waals surface area contributed by atoms with Gasteiger partial charge in [-0.05, 0) is 61.0 Å². The lowest BCUT2D eigenvalue weighted by Crippen LogP contribution is -2.36. The number of nitrogens with two attached hydrogens (primary N) is 2. The highest BCUT2D eigenvalue weighted by molar-refractivity contribution is 6.08. The van der Waals surface area contributed by atoms with Gasteiger partial charge in [-0.2, -0.15) is 26.3 Å². The van der Waals surface area contributed by atoms with Gasteiger partial charge in [0, 0.05) is 35.6 Å². The maximum atomic E-state index is 12.6. The third-order valence-electron chi connectivity index (χ3n) is 6.40. The van der Waals surface area contributed by atoms with Crippen molar-refractivity contribution < 1.29 is 70.4 Å². The minimum atomic E-state index is -5.08. The third-order valence-corrected chi connectivity index (χ3v) is 6.40. The SMILES string of the molecule is CNCC(=O)N1CCc2ccc(C(N)=O)cc21.NCc1cccc(C(=O)N(CC(=O)O)c2ccccc2)c1.O=C(O)C(F)(F)F.O=C(O)C(F)(F)F. The van der Waals surface area contributed by atoms with Crippen molar-refractivity contribution in [2.45, 2.75) is 25.3 Å². The Morgan fingerprint density at radius 3 is 1.83 bits per heavy atom. The van der Waals surface area contributed by atoms with E-state index >= 15 is 0 Å². The molecular weight excluding hydrogens is 712 g/mol. The van der Waals surface area contributed by atoms with E-state index < -0.39 is 42.7 Å². The zero-order chi connectivity index (χ0) is 39.8. The predicted molar refractivity (Wildman–Crippen MR) is 172 cm³/mol. The molecule has 0 fully saturated rings. The highest BCUT2D eigenvalue weighted by atomic mass is 19.4. The standard InChI is InChI=1S/C16H16N2O3.C12H15N3O2.2C2HF3O2/c17-10-12-5-4-6-13(9-12)16(21)18(11-15(19)20)14-7-2-1-3-8-14;1-14-7-11(16)15-5-4-8-2-3-9(12(13)17)6-10(8)15;2*3-2(4,5)1(6)7/h1-9H,10-11,17H2,(H,19,20);2-3,6,14H,4-5,7H2,1H3,(H2,13,17);2*(H,6,7). The van der Waals surface area contributed by atoms with Crippen LogP contribution < -0.4 is 26.6 Å². The highest BCUT2D eigenvalue weighted by Gasteiger charge is 2.39. The van der Waals surface area contributed by atoms with E-state index in [9.17, 15) is 45.5 Å². The monoisotopic (exact) mass is 745 g/mol. The van der Waals surface area contributed by atoms with Crippen LogP contribution in [0.1, 0.15) is 31.8 Å². The van der Waals surface area contributed by atoms with E-state index in [-0.39, 0.29) is 11.8 Å². The summed E-state index contributed by atoms with van der Waals surface area (Å²) in [4.78, 5) is 67.3. The number of primary amides is 1. The molecule has 0 aliphatic carbocycles. The normalized spacial score (nSPS) is 11.6. The van der Waals surface area contributed by atoms with Crippen LogP contribution in [0.3, 0.4) is 0 Å². The molecule has 0 unspecified atom stereocenters. The van der Waals surface area contributed by atoms with Crippen molar-refractivity contribution in [1.29, 1.82) is 0 Å². The molecule has 0 bridgehead atoms. The van der Waals surface area contributed by atoms with Crippen molar-refractivity contribution in [3.05, 3.63) is 95.1 Å². The number of fused-ring (bicyclic) bond motifs is 1. The molecule has 3 amide bonds.